The number of hydrogen-bond acceptors (Lipinski definition) is 1. The Balaban J connectivity index is 4.09. The smallest absolute Gasteiger partial charge is 0.0249 e. The van der Waals surface area contributed by atoms with E-state index in [2.05, 4.69) is 39.5 Å². The lowest BCUT2D eigenvalue weighted by Gasteiger charge is -2.35. The number of hydrogen-bond donors (Lipinski definition) is 0. The lowest BCUT2D eigenvalue weighted by atomic mass is 10.2. The monoisotopic (exact) mass is 189 g/mol. The van der Waals surface area contributed by atoms with Crippen molar-refractivity contribution in [2.24, 2.45) is 0 Å². The molecule has 0 aliphatic carbocycles. The predicted octanol–water partition coefficient (Wildman–Crippen LogP) is -0.0996. The van der Waals surface area contributed by atoms with Crippen LogP contribution in [0.1, 0.15) is 34.6 Å². The molecule has 0 aromatic carbocycles. The van der Waals surface area contributed by atoms with E-state index in [9.17, 15) is 0 Å². The summed E-state index contributed by atoms with van der Waals surface area (Å²) in [7, 11) is 1.73. The van der Waals surface area contributed by atoms with Crippen LogP contribution in [0.4, 0.5) is 0 Å². The van der Waals surface area contributed by atoms with Gasteiger partial charge in [0.2, 0.25) is 0 Å². The Kier molecular flexibility index (Phi) is 5.30. The van der Waals surface area contributed by atoms with Gasteiger partial charge in [0.1, 0.15) is 0 Å². The molecule has 0 aliphatic heterocycles. The third-order valence-corrected chi connectivity index (χ3v) is 7.44. The summed E-state index contributed by atoms with van der Waals surface area (Å²) in [5.74, 6) is 0. The fraction of sp³-hybridized carbons (Fsp3) is 1.00. The molecule has 0 saturated carbocycles. The van der Waals surface area contributed by atoms with Crippen LogP contribution < -0.4 is 0 Å². The SMILES string of the molecule is CC(C)N(C(C)C)C(C)[SiH2][SiH3]. The molecule has 0 N–H and O–H groups in total. The first-order chi connectivity index (χ1) is 5.00. The van der Waals surface area contributed by atoms with Gasteiger partial charge in [0.05, 0.1) is 0 Å². The summed E-state index contributed by atoms with van der Waals surface area (Å²) < 4.78 is 0. The van der Waals surface area contributed by atoms with Crippen LogP contribution >= 0.6 is 0 Å². The Morgan fingerprint density at radius 3 is 1.45 bits per heavy atom. The molecular formula is C8H23NSi2. The molecule has 0 amide bonds. The second kappa shape index (κ2) is 5.11. The molecule has 0 saturated heterocycles. The quantitative estimate of drug-likeness (QED) is 0.559. The zero-order valence-electron chi connectivity index (χ0n) is 8.89. The van der Waals surface area contributed by atoms with Gasteiger partial charge in [0.25, 0.3) is 0 Å². The van der Waals surface area contributed by atoms with Crippen molar-refractivity contribution in [2.45, 2.75) is 52.4 Å². The molecule has 3 heteroatoms. The number of nitrogens with zero attached hydrogens (tertiary/aromatic N) is 1. The van der Waals surface area contributed by atoms with Gasteiger partial charge in [-0.05, 0) is 43.1 Å². The summed E-state index contributed by atoms with van der Waals surface area (Å²) >= 11 is 0. The van der Waals surface area contributed by atoms with Crippen molar-refractivity contribution >= 4 is 18.8 Å². The highest BCUT2D eigenvalue weighted by molar-refractivity contribution is 6.90. The minimum Gasteiger partial charge on any atom is -0.300 e. The van der Waals surface area contributed by atoms with Crippen LogP contribution in [0, 0.1) is 0 Å². The van der Waals surface area contributed by atoms with E-state index in [1.54, 1.807) is 0 Å². The zero-order valence-corrected chi connectivity index (χ0v) is 12.3. The topological polar surface area (TPSA) is 3.24 Å². The fourth-order valence-electron chi connectivity index (χ4n) is 1.83. The lowest BCUT2D eigenvalue weighted by Crippen LogP contribution is -2.46. The van der Waals surface area contributed by atoms with Crippen molar-refractivity contribution in [2.75, 3.05) is 0 Å². The van der Waals surface area contributed by atoms with E-state index in [-0.39, 0.29) is 9.04 Å². The van der Waals surface area contributed by atoms with Crippen LogP contribution in [0.5, 0.6) is 0 Å². The molecule has 0 bridgehead atoms. The van der Waals surface area contributed by atoms with Gasteiger partial charge >= 0.3 is 0 Å². The summed E-state index contributed by atoms with van der Waals surface area (Å²) in [5.41, 5.74) is 0.918. The zero-order chi connectivity index (χ0) is 9.02. The van der Waals surface area contributed by atoms with Crippen molar-refractivity contribution in [3.8, 4) is 0 Å². The molecule has 68 valence electrons. The highest BCUT2D eigenvalue weighted by Crippen LogP contribution is 2.08. The molecule has 1 unspecified atom stereocenters. The summed E-state index contributed by atoms with van der Waals surface area (Å²) in [4.78, 5) is 2.65. The Morgan fingerprint density at radius 2 is 1.36 bits per heavy atom. The van der Waals surface area contributed by atoms with Crippen molar-refractivity contribution in [3.05, 3.63) is 0 Å². The largest absolute Gasteiger partial charge is 0.300 e. The Hall–Kier alpha value is 0.394. The molecule has 0 aromatic heterocycles. The summed E-state index contributed by atoms with van der Waals surface area (Å²) in [6.45, 7) is 11.6. The lowest BCUT2D eigenvalue weighted by molar-refractivity contribution is 0.163. The molecule has 0 rings (SSSR count). The number of rotatable bonds is 4. The van der Waals surface area contributed by atoms with Gasteiger partial charge in [-0.25, -0.2) is 0 Å². The molecule has 0 aromatic rings. The normalized spacial score (nSPS) is 16.4. The third-order valence-electron chi connectivity index (χ3n) is 2.29. The Labute approximate surface area is 76.6 Å². The summed E-state index contributed by atoms with van der Waals surface area (Å²) in [5, 5.41) is 0. The van der Waals surface area contributed by atoms with Crippen LogP contribution in [0.3, 0.4) is 0 Å². The van der Waals surface area contributed by atoms with E-state index in [0.717, 1.165) is 17.7 Å². The first-order valence-electron chi connectivity index (χ1n) is 4.78. The minimum absolute atomic E-state index is 0.270. The Bertz CT molecular complexity index is 96.3. The van der Waals surface area contributed by atoms with Crippen LogP contribution in [0.25, 0.3) is 0 Å². The van der Waals surface area contributed by atoms with E-state index in [4.69, 9.17) is 0 Å². The standard InChI is InChI=1S/C8H23NSi2/c1-6(2)9(7(3)4)8(5)11-10/h6-8H,11H2,1-5,10H3. The maximum Gasteiger partial charge on any atom is 0.0249 e. The van der Waals surface area contributed by atoms with Gasteiger partial charge in [-0.15, -0.1) is 0 Å². The van der Waals surface area contributed by atoms with Crippen LogP contribution in [0.15, 0.2) is 0 Å². The second-order valence-corrected chi connectivity index (χ2v) is 8.34. The van der Waals surface area contributed by atoms with Gasteiger partial charge in [-0.1, -0.05) is 6.92 Å². The van der Waals surface area contributed by atoms with E-state index in [1.165, 1.54) is 9.76 Å². The average Bonchev–Trinajstić information content (AvgIpc) is 1.85. The Morgan fingerprint density at radius 1 is 1.00 bits per heavy atom. The minimum atomic E-state index is 0.270. The van der Waals surface area contributed by atoms with Gasteiger partial charge < -0.3 is 0 Å². The molecule has 0 fully saturated rings. The maximum absolute atomic E-state index is 2.65. The van der Waals surface area contributed by atoms with Crippen molar-refractivity contribution in [3.63, 3.8) is 0 Å². The molecule has 1 nitrogen and oxygen atoms in total. The van der Waals surface area contributed by atoms with Gasteiger partial charge in [-0.3, -0.25) is 4.90 Å². The van der Waals surface area contributed by atoms with Crippen LogP contribution in [-0.2, 0) is 0 Å². The molecule has 1 atom stereocenters. The predicted molar refractivity (Wildman–Crippen MR) is 60.1 cm³/mol. The first kappa shape index (κ1) is 11.4. The highest BCUT2D eigenvalue weighted by Gasteiger charge is 2.17. The van der Waals surface area contributed by atoms with E-state index >= 15 is 0 Å². The van der Waals surface area contributed by atoms with E-state index in [1.807, 2.05) is 0 Å². The van der Waals surface area contributed by atoms with Crippen molar-refractivity contribution in [1.29, 1.82) is 0 Å². The maximum atomic E-state index is 2.65. The molecule has 0 spiro atoms. The van der Waals surface area contributed by atoms with E-state index < -0.39 is 0 Å². The second-order valence-electron chi connectivity index (χ2n) is 3.89. The van der Waals surface area contributed by atoms with E-state index in [0.29, 0.717) is 0 Å². The van der Waals surface area contributed by atoms with Crippen LogP contribution in [-0.4, -0.2) is 41.4 Å². The molecular weight excluding hydrogens is 166 g/mol. The van der Waals surface area contributed by atoms with Crippen molar-refractivity contribution in [1.82, 2.24) is 4.90 Å². The summed E-state index contributed by atoms with van der Waals surface area (Å²) in [6, 6.07) is 1.46. The van der Waals surface area contributed by atoms with Crippen LogP contribution in [0.2, 0.25) is 0 Å². The third kappa shape index (κ3) is 3.53. The van der Waals surface area contributed by atoms with Gasteiger partial charge in [0, 0.05) is 21.1 Å². The first-order valence-corrected chi connectivity index (χ1v) is 11.3. The highest BCUT2D eigenvalue weighted by atomic mass is 29.1. The fourth-order valence-corrected chi connectivity index (χ4v) is 4.35. The molecule has 11 heavy (non-hydrogen) atoms. The van der Waals surface area contributed by atoms with Crippen molar-refractivity contribution < 1.29 is 0 Å². The van der Waals surface area contributed by atoms with Gasteiger partial charge in [0.15, 0.2) is 0 Å². The molecule has 0 radical (unpaired) electrons. The summed E-state index contributed by atoms with van der Waals surface area (Å²) in [6.07, 6.45) is 0. The average molecular weight is 189 g/mol. The molecule has 0 heterocycles. The van der Waals surface area contributed by atoms with Gasteiger partial charge in [-0.2, -0.15) is 0 Å². The molecule has 0 aliphatic rings.